The van der Waals surface area contributed by atoms with Crippen LogP contribution in [0.3, 0.4) is 0 Å². The van der Waals surface area contributed by atoms with E-state index in [-0.39, 0.29) is 17.0 Å². The standard InChI is InChI=1S/C26H20FN7O2/c1-2-4-20(35)30-16-9-15(10-28-11-16)23-22(27)21-19(12-29-23)33-34-25(21)26-31-18-6-3-5-17(24(18)32-26)14-7-8-36-13-14/h3,5-13H,2,4H2,1H3,(H,30,35)(H,31,32)(H,33,34). The highest BCUT2D eigenvalue weighted by Crippen LogP contribution is 2.34. The first-order chi connectivity index (χ1) is 17.6. The summed E-state index contributed by atoms with van der Waals surface area (Å²) in [6.07, 6.45) is 8.91. The molecule has 10 heteroatoms. The van der Waals surface area contributed by atoms with Crippen molar-refractivity contribution in [1.82, 2.24) is 30.1 Å². The molecule has 0 saturated carbocycles. The van der Waals surface area contributed by atoms with Gasteiger partial charge in [-0.2, -0.15) is 5.10 Å². The molecule has 3 N–H and O–H groups in total. The Labute approximate surface area is 203 Å². The van der Waals surface area contributed by atoms with Gasteiger partial charge in [0.1, 0.15) is 11.4 Å². The molecule has 5 heterocycles. The molecule has 178 valence electrons. The largest absolute Gasteiger partial charge is 0.472 e. The van der Waals surface area contributed by atoms with Gasteiger partial charge in [-0.05, 0) is 24.6 Å². The Kier molecular flexibility index (Phi) is 5.25. The van der Waals surface area contributed by atoms with Gasteiger partial charge in [0.25, 0.3) is 0 Å². The molecule has 36 heavy (non-hydrogen) atoms. The highest BCUT2D eigenvalue weighted by molar-refractivity contribution is 5.98. The molecular formula is C26H20FN7O2. The molecule has 1 aromatic carbocycles. The van der Waals surface area contributed by atoms with Gasteiger partial charge in [0.2, 0.25) is 5.91 Å². The Morgan fingerprint density at radius 2 is 2.03 bits per heavy atom. The van der Waals surface area contributed by atoms with Crippen molar-refractivity contribution < 1.29 is 13.6 Å². The minimum absolute atomic E-state index is 0.0967. The first kappa shape index (κ1) is 21.7. The number of fused-ring (bicyclic) bond motifs is 2. The van der Waals surface area contributed by atoms with E-state index < -0.39 is 5.82 Å². The van der Waals surface area contributed by atoms with Crippen LogP contribution in [0.4, 0.5) is 10.1 Å². The normalized spacial score (nSPS) is 11.4. The molecule has 0 spiro atoms. The Balaban J connectivity index is 1.44. The van der Waals surface area contributed by atoms with Crippen molar-refractivity contribution in [2.75, 3.05) is 5.32 Å². The molecule has 0 aliphatic rings. The number of nitrogens with zero attached hydrogens (tertiary/aromatic N) is 4. The number of nitrogens with one attached hydrogen (secondary N) is 3. The summed E-state index contributed by atoms with van der Waals surface area (Å²) in [6.45, 7) is 1.92. The summed E-state index contributed by atoms with van der Waals surface area (Å²) < 4.78 is 21.1. The number of rotatable bonds is 6. The van der Waals surface area contributed by atoms with Gasteiger partial charge in [-0.25, -0.2) is 9.37 Å². The van der Waals surface area contributed by atoms with Crippen LogP contribution < -0.4 is 5.32 Å². The number of carbonyl (C=O) groups excluding carboxylic acids is 1. The number of aromatic nitrogens is 6. The Morgan fingerprint density at radius 1 is 1.11 bits per heavy atom. The number of furan rings is 1. The van der Waals surface area contributed by atoms with E-state index in [2.05, 4.69) is 30.5 Å². The fourth-order valence-corrected chi connectivity index (χ4v) is 4.23. The van der Waals surface area contributed by atoms with E-state index in [1.165, 1.54) is 18.6 Å². The lowest BCUT2D eigenvalue weighted by Crippen LogP contribution is -2.10. The van der Waals surface area contributed by atoms with E-state index in [9.17, 15) is 4.79 Å². The molecule has 9 nitrogen and oxygen atoms in total. The van der Waals surface area contributed by atoms with E-state index >= 15 is 4.39 Å². The zero-order chi connectivity index (χ0) is 24.6. The number of halogens is 1. The summed E-state index contributed by atoms with van der Waals surface area (Å²) in [5.74, 6) is -0.273. The minimum Gasteiger partial charge on any atom is -0.472 e. The second-order valence-electron chi connectivity index (χ2n) is 8.34. The average molecular weight is 481 g/mol. The lowest BCUT2D eigenvalue weighted by molar-refractivity contribution is -0.116. The maximum Gasteiger partial charge on any atom is 0.224 e. The summed E-state index contributed by atoms with van der Waals surface area (Å²) in [4.78, 5) is 28.4. The van der Waals surface area contributed by atoms with Crippen LogP contribution in [-0.2, 0) is 4.79 Å². The summed E-state index contributed by atoms with van der Waals surface area (Å²) in [5, 5.41) is 10.2. The van der Waals surface area contributed by atoms with Crippen molar-refractivity contribution in [2.45, 2.75) is 19.8 Å². The molecule has 0 aliphatic carbocycles. The quantitative estimate of drug-likeness (QED) is 0.280. The van der Waals surface area contributed by atoms with Crippen LogP contribution in [0.1, 0.15) is 19.8 Å². The molecule has 0 saturated heterocycles. The van der Waals surface area contributed by atoms with E-state index in [4.69, 9.17) is 9.40 Å². The van der Waals surface area contributed by atoms with E-state index in [0.717, 1.165) is 28.6 Å². The Hall–Kier alpha value is -4.86. The topological polar surface area (TPSA) is 125 Å². The lowest BCUT2D eigenvalue weighted by Gasteiger charge is -2.07. The second kappa shape index (κ2) is 8.73. The third-order valence-corrected chi connectivity index (χ3v) is 5.89. The zero-order valence-electron chi connectivity index (χ0n) is 19.2. The van der Waals surface area contributed by atoms with Gasteiger partial charge in [0, 0.05) is 29.3 Å². The maximum atomic E-state index is 15.9. The summed E-state index contributed by atoms with van der Waals surface area (Å²) in [6, 6.07) is 9.27. The second-order valence-corrected chi connectivity index (χ2v) is 8.34. The molecule has 0 atom stereocenters. The van der Waals surface area contributed by atoms with Gasteiger partial charge >= 0.3 is 0 Å². The predicted octanol–water partition coefficient (Wildman–Crippen LogP) is 5.70. The van der Waals surface area contributed by atoms with E-state index in [0.29, 0.717) is 34.7 Å². The number of carbonyl (C=O) groups is 1. The molecule has 0 fully saturated rings. The third kappa shape index (κ3) is 3.68. The molecule has 0 aliphatic heterocycles. The van der Waals surface area contributed by atoms with E-state index in [1.54, 1.807) is 18.6 Å². The van der Waals surface area contributed by atoms with Crippen LogP contribution in [0.2, 0.25) is 0 Å². The molecule has 0 radical (unpaired) electrons. The first-order valence-electron chi connectivity index (χ1n) is 11.4. The molecule has 1 amide bonds. The van der Waals surface area contributed by atoms with Crippen molar-refractivity contribution in [2.24, 2.45) is 0 Å². The Morgan fingerprint density at radius 3 is 2.86 bits per heavy atom. The molecule has 6 aromatic rings. The monoisotopic (exact) mass is 481 g/mol. The SMILES string of the molecule is CCCC(=O)Nc1cncc(-c2ncc3[nH]nc(-c4nc5c(-c6ccoc6)cccc5[nH]4)c3c2F)c1. The van der Waals surface area contributed by atoms with Crippen LogP contribution >= 0.6 is 0 Å². The van der Waals surface area contributed by atoms with Crippen LogP contribution in [0.25, 0.3) is 55.8 Å². The van der Waals surface area contributed by atoms with Gasteiger partial charge in [0.05, 0.1) is 52.5 Å². The number of amides is 1. The highest BCUT2D eigenvalue weighted by atomic mass is 19.1. The van der Waals surface area contributed by atoms with Crippen LogP contribution in [0, 0.1) is 5.82 Å². The fourth-order valence-electron chi connectivity index (χ4n) is 4.23. The van der Waals surface area contributed by atoms with Crippen molar-refractivity contribution in [1.29, 1.82) is 0 Å². The number of hydrogen-bond acceptors (Lipinski definition) is 6. The van der Waals surface area contributed by atoms with Gasteiger partial charge in [0.15, 0.2) is 11.6 Å². The Bertz CT molecular complexity index is 1720. The number of H-pyrrole nitrogens is 2. The summed E-state index contributed by atoms with van der Waals surface area (Å²) >= 11 is 0. The predicted molar refractivity (Wildman–Crippen MR) is 133 cm³/mol. The number of benzene rings is 1. The third-order valence-electron chi connectivity index (χ3n) is 5.89. The van der Waals surface area contributed by atoms with Gasteiger partial charge in [-0.15, -0.1) is 0 Å². The number of pyridine rings is 2. The number of imidazole rings is 1. The highest BCUT2D eigenvalue weighted by Gasteiger charge is 2.21. The molecular weight excluding hydrogens is 461 g/mol. The molecule has 6 rings (SSSR count). The zero-order valence-corrected chi connectivity index (χ0v) is 19.2. The summed E-state index contributed by atoms with van der Waals surface area (Å²) in [5.41, 5.74) is 5.06. The van der Waals surface area contributed by atoms with Crippen LogP contribution in [-0.4, -0.2) is 36.0 Å². The van der Waals surface area contributed by atoms with Gasteiger partial charge in [-0.1, -0.05) is 19.1 Å². The number of aromatic amines is 2. The van der Waals surface area contributed by atoms with Crippen LogP contribution in [0.5, 0.6) is 0 Å². The number of hydrogen-bond donors (Lipinski definition) is 3. The molecule has 5 aromatic heterocycles. The lowest BCUT2D eigenvalue weighted by atomic mass is 10.1. The molecule has 0 bridgehead atoms. The maximum absolute atomic E-state index is 15.9. The van der Waals surface area contributed by atoms with Crippen LogP contribution in [0.15, 0.2) is 65.9 Å². The average Bonchev–Trinajstić information content (AvgIpc) is 3.63. The van der Waals surface area contributed by atoms with Crippen molar-refractivity contribution in [3.63, 3.8) is 0 Å². The number of anilines is 1. The number of para-hydroxylation sites is 1. The molecule has 0 unspecified atom stereocenters. The van der Waals surface area contributed by atoms with Crippen molar-refractivity contribution >= 4 is 33.5 Å². The van der Waals surface area contributed by atoms with Gasteiger partial charge < -0.3 is 14.7 Å². The minimum atomic E-state index is -0.564. The van der Waals surface area contributed by atoms with Gasteiger partial charge in [-0.3, -0.25) is 19.9 Å². The first-order valence-corrected chi connectivity index (χ1v) is 11.4. The smallest absolute Gasteiger partial charge is 0.224 e. The van der Waals surface area contributed by atoms with Crippen molar-refractivity contribution in [3.05, 3.63) is 67.3 Å². The van der Waals surface area contributed by atoms with E-state index in [1.807, 2.05) is 31.2 Å². The fraction of sp³-hybridized carbons (Fsp3) is 0.115. The summed E-state index contributed by atoms with van der Waals surface area (Å²) in [7, 11) is 0. The van der Waals surface area contributed by atoms with Crippen molar-refractivity contribution in [3.8, 4) is 33.9 Å².